The number of nitrogens with one attached hydrogen (secondary N) is 1. The van der Waals surface area contributed by atoms with Crippen LogP contribution in [0.25, 0.3) is 0 Å². The number of benzene rings is 2. The first-order valence-electron chi connectivity index (χ1n) is 9.89. The molecule has 0 saturated carbocycles. The molecule has 29 heavy (non-hydrogen) atoms. The number of carbonyl (C=O) groups excluding carboxylic acids is 2. The highest BCUT2D eigenvalue weighted by atomic mass is 35.5. The van der Waals surface area contributed by atoms with Crippen molar-refractivity contribution in [3.63, 3.8) is 0 Å². The lowest BCUT2D eigenvalue weighted by atomic mass is 10.1. The summed E-state index contributed by atoms with van der Waals surface area (Å²) in [6.45, 7) is 5.98. The van der Waals surface area contributed by atoms with Crippen molar-refractivity contribution in [3.8, 4) is 0 Å². The van der Waals surface area contributed by atoms with Crippen LogP contribution in [0.3, 0.4) is 0 Å². The van der Waals surface area contributed by atoms with Crippen LogP contribution < -0.4 is 5.32 Å². The van der Waals surface area contributed by atoms with Gasteiger partial charge in [0.2, 0.25) is 11.8 Å². The molecule has 0 heterocycles. The van der Waals surface area contributed by atoms with Crippen LogP contribution in [0.4, 0.5) is 0 Å². The first kappa shape index (κ1) is 23.2. The van der Waals surface area contributed by atoms with Crippen molar-refractivity contribution in [2.24, 2.45) is 0 Å². The molecular formula is C23H28Cl2N2O2. The summed E-state index contributed by atoms with van der Waals surface area (Å²) in [6.07, 6.45) is 1.45. The summed E-state index contributed by atoms with van der Waals surface area (Å²) in [7, 11) is 0. The quantitative estimate of drug-likeness (QED) is 0.584. The lowest BCUT2D eigenvalue weighted by Gasteiger charge is -2.31. The third kappa shape index (κ3) is 7.06. The molecule has 0 saturated heterocycles. The maximum Gasteiger partial charge on any atom is 0.243 e. The zero-order valence-corrected chi connectivity index (χ0v) is 18.6. The van der Waals surface area contributed by atoms with E-state index in [0.717, 1.165) is 11.1 Å². The fraction of sp³-hybridized carbons (Fsp3) is 0.391. The molecule has 1 unspecified atom stereocenters. The minimum atomic E-state index is -0.563. The number of halogens is 2. The van der Waals surface area contributed by atoms with Crippen molar-refractivity contribution in [1.29, 1.82) is 0 Å². The van der Waals surface area contributed by atoms with Gasteiger partial charge in [-0.2, -0.15) is 0 Å². The maximum absolute atomic E-state index is 13.2. The van der Waals surface area contributed by atoms with Crippen LogP contribution in [0.15, 0.2) is 48.5 Å². The van der Waals surface area contributed by atoms with Crippen molar-refractivity contribution in [1.82, 2.24) is 10.2 Å². The molecule has 0 fully saturated rings. The lowest BCUT2D eigenvalue weighted by Crippen LogP contribution is -2.50. The summed E-state index contributed by atoms with van der Waals surface area (Å²) in [6, 6.07) is 14.5. The largest absolute Gasteiger partial charge is 0.352 e. The SMILES string of the molecule is CCC(C(=O)NC(C)C)N(Cc1ccc(Cl)cc1Cl)C(=O)CCc1ccccc1. The average Bonchev–Trinajstić information content (AvgIpc) is 2.68. The molecule has 0 aliphatic heterocycles. The number of amides is 2. The van der Waals surface area contributed by atoms with Crippen molar-refractivity contribution >= 4 is 35.0 Å². The minimum Gasteiger partial charge on any atom is -0.352 e. The molecule has 2 amide bonds. The number of nitrogens with zero attached hydrogens (tertiary/aromatic N) is 1. The smallest absolute Gasteiger partial charge is 0.243 e. The van der Waals surface area contributed by atoms with Gasteiger partial charge >= 0.3 is 0 Å². The van der Waals surface area contributed by atoms with Gasteiger partial charge in [0, 0.05) is 29.1 Å². The van der Waals surface area contributed by atoms with Gasteiger partial charge in [0.05, 0.1) is 0 Å². The topological polar surface area (TPSA) is 49.4 Å². The van der Waals surface area contributed by atoms with Crippen molar-refractivity contribution in [3.05, 3.63) is 69.7 Å². The molecule has 0 bridgehead atoms. The molecule has 4 nitrogen and oxygen atoms in total. The normalized spacial score (nSPS) is 11.9. The van der Waals surface area contributed by atoms with E-state index in [1.165, 1.54) is 0 Å². The Kier molecular flexibility index (Phi) is 8.99. The Morgan fingerprint density at radius 1 is 1.07 bits per heavy atom. The zero-order valence-electron chi connectivity index (χ0n) is 17.1. The Morgan fingerprint density at radius 3 is 2.34 bits per heavy atom. The highest BCUT2D eigenvalue weighted by molar-refractivity contribution is 6.35. The van der Waals surface area contributed by atoms with E-state index < -0.39 is 6.04 Å². The zero-order chi connectivity index (χ0) is 21.4. The molecule has 0 aliphatic carbocycles. The van der Waals surface area contributed by atoms with Gasteiger partial charge in [0.25, 0.3) is 0 Å². The van der Waals surface area contributed by atoms with Crippen LogP contribution in [0, 0.1) is 0 Å². The average molecular weight is 435 g/mol. The third-order valence-corrected chi connectivity index (χ3v) is 5.23. The summed E-state index contributed by atoms with van der Waals surface area (Å²) in [5.74, 6) is -0.230. The second-order valence-electron chi connectivity index (χ2n) is 7.33. The Labute approximate surface area is 183 Å². The molecule has 0 spiro atoms. The number of rotatable bonds is 9. The molecule has 1 N–H and O–H groups in total. The predicted octanol–water partition coefficient (Wildman–Crippen LogP) is 5.26. The van der Waals surface area contributed by atoms with E-state index in [-0.39, 0.29) is 24.4 Å². The van der Waals surface area contributed by atoms with Crippen LogP contribution in [0.1, 0.15) is 44.7 Å². The molecule has 6 heteroatoms. The lowest BCUT2D eigenvalue weighted by molar-refractivity contribution is -0.141. The van der Waals surface area contributed by atoms with Crippen molar-refractivity contribution in [2.45, 2.75) is 58.7 Å². The van der Waals surface area contributed by atoms with Gasteiger partial charge < -0.3 is 10.2 Å². The molecule has 2 aromatic rings. The molecular weight excluding hydrogens is 407 g/mol. The number of hydrogen-bond donors (Lipinski definition) is 1. The molecule has 1 atom stereocenters. The predicted molar refractivity (Wildman–Crippen MR) is 119 cm³/mol. The van der Waals surface area contributed by atoms with Gasteiger partial charge in [-0.05, 0) is 49.9 Å². The van der Waals surface area contributed by atoms with Crippen LogP contribution in [-0.4, -0.2) is 28.8 Å². The summed E-state index contributed by atoms with van der Waals surface area (Å²) in [5.41, 5.74) is 1.85. The fourth-order valence-electron chi connectivity index (χ4n) is 3.17. The molecule has 2 aromatic carbocycles. The van der Waals surface area contributed by atoms with Gasteiger partial charge in [0.15, 0.2) is 0 Å². The molecule has 0 radical (unpaired) electrons. The standard InChI is InChI=1S/C23H28Cl2N2O2/c1-4-21(23(29)26-16(2)3)27(15-18-11-12-19(24)14-20(18)25)22(28)13-10-17-8-6-5-7-9-17/h5-9,11-12,14,16,21H,4,10,13,15H2,1-3H3,(H,26,29). The molecule has 2 rings (SSSR count). The van der Waals surface area contributed by atoms with E-state index in [9.17, 15) is 9.59 Å². The highest BCUT2D eigenvalue weighted by Crippen LogP contribution is 2.24. The summed E-state index contributed by atoms with van der Waals surface area (Å²) in [5, 5.41) is 3.94. The number of aryl methyl sites for hydroxylation is 1. The Hall–Kier alpha value is -2.04. The van der Waals surface area contributed by atoms with E-state index in [2.05, 4.69) is 5.32 Å². The van der Waals surface area contributed by atoms with Crippen LogP contribution in [-0.2, 0) is 22.6 Å². The first-order valence-corrected chi connectivity index (χ1v) is 10.6. The van der Waals surface area contributed by atoms with Gasteiger partial charge in [-0.3, -0.25) is 9.59 Å². The summed E-state index contributed by atoms with van der Waals surface area (Å²) in [4.78, 5) is 27.6. The number of carbonyl (C=O) groups is 2. The van der Waals surface area contributed by atoms with E-state index in [1.54, 1.807) is 23.1 Å². The van der Waals surface area contributed by atoms with Crippen LogP contribution in [0.5, 0.6) is 0 Å². The molecule has 156 valence electrons. The van der Waals surface area contributed by atoms with Crippen LogP contribution >= 0.6 is 23.2 Å². The maximum atomic E-state index is 13.2. The Balaban J connectivity index is 2.24. The second kappa shape index (κ2) is 11.2. The molecule has 0 aromatic heterocycles. The third-order valence-electron chi connectivity index (χ3n) is 4.64. The Bertz CT molecular complexity index is 825. The first-order chi connectivity index (χ1) is 13.8. The van der Waals surface area contributed by atoms with Crippen molar-refractivity contribution < 1.29 is 9.59 Å². The van der Waals surface area contributed by atoms with Gasteiger partial charge in [0.1, 0.15) is 6.04 Å². The van der Waals surface area contributed by atoms with E-state index >= 15 is 0 Å². The number of hydrogen-bond acceptors (Lipinski definition) is 2. The summed E-state index contributed by atoms with van der Waals surface area (Å²) >= 11 is 12.3. The van der Waals surface area contributed by atoms with Gasteiger partial charge in [-0.1, -0.05) is 66.5 Å². The van der Waals surface area contributed by atoms with Crippen molar-refractivity contribution in [2.75, 3.05) is 0 Å². The van der Waals surface area contributed by atoms with Gasteiger partial charge in [-0.15, -0.1) is 0 Å². The highest BCUT2D eigenvalue weighted by Gasteiger charge is 2.29. The van der Waals surface area contributed by atoms with E-state index in [1.807, 2.05) is 51.1 Å². The van der Waals surface area contributed by atoms with Crippen LogP contribution in [0.2, 0.25) is 10.0 Å². The summed E-state index contributed by atoms with van der Waals surface area (Å²) < 4.78 is 0. The minimum absolute atomic E-state index is 0.00283. The van der Waals surface area contributed by atoms with E-state index in [4.69, 9.17) is 23.2 Å². The Morgan fingerprint density at radius 2 is 1.76 bits per heavy atom. The van der Waals surface area contributed by atoms with E-state index in [0.29, 0.717) is 29.3 Å². The second-order valence-corrected chi connectivity index (χ2v) is 8.17. The molecule has 0 aliphatic rings. The fourth-order valence-corrected chi connectivity index (χ4v) is 3.64. The van der Waals surface area contributed by atoms with Gasteiger partial charge in [-0.25, -0.2) is 0 Å². The monoisotopic (exact) mass is 434 g/mol.